The van der Waals surface area contributed by atoms with E-state index in [-0.39, 0.29) is 0 Å². The molecule has 0 fully saturated rings. The molecule has 20 aromatic rings. The molecule has 0 atom stereocenters. The Morgan fingerprint density at radius 1 is 0.156 bits per heavy atom. The van der Waals surface area contributed by atoms with Crippen LogP contribution in [0.5, 0.6) is 0 Å². The third kappa shape index (κ3) is 7.15. The van der Waals surface area contributed by atoms with E-state index in [1.54, 1.807) is 0 Å². The molecule has 0 radical (unpaired) electrons. The van der Waals surface area contributed by atoms with Crippen molar-refractivity contribution in [2.24, 2.45) is 0 Å². The van der Waals surface area contributed by atoms with Crippen LogP contribution in [0.25, 0.3) is 187 Å². The number of fused-ring (bicyclic) bond motifs is 18. The molecule has 0 bridgehead atoms. The Bertz CT molecular complexity index is 6010. The van der Waals surface area contributed by atoms with Crippen LogP contribution in [0.3, 0.4) is 0 Å². The molecule has 90 heavy (non-hydrogen) atoms. The number of aromatic nitrogens is 4. The van der Waals surface area contributed by atoms with Gasteiger partial charge in [0.15, 0.2) is 0 Å². The van der Waals surface area contributed by atoms with Crippen LogP contribution in [0.1, 0.15) is 0 Å². The quantitative estimate of drug-likeness (QED) is 0.160. The largest absolute Gasteiger partial charge is 0.456 e. The third-order valence-electron chi connectivity index (χ3n) is 19.1. The Kier molecular flexibility index (Phi) is 10.2. The second kappa shape index (κ2) is 18.7. The Labute approximate surface area is 514 Å². The van der Waals surface area contributed by atoms with Crippen molar-refractivity contribution in [2.45, 2.75) is 0 Å². The first kappa shape index (κ1) is 49.0. The molecule has 0 aliphatic heterocycles. The second-order valence-corrected chi connectivity index (χ2v) is 24.0. The van der Waals surface area contributed by atoms with Crippen LogP contribution in [-0.2, 0) is 0 Å². The standard InChI is InChI=1S/C84H50N4O2/c1-3-15-57(16-4-1)85-77-37-29-53(51-27-35-75-65(43-51)61-19-7-11-23-73(61)87(75)59-33-41-83-71(49-59)63-21-9-13-25-81(63)89-83)45-67(77)69-47-55(31-39-79(69)85)56-32-40-80-70(48-56)68-46-54(30-38-78(68)86(80)58-17-5-2-6-18-58)52-28-36-76-66(44-52)62-20-8-12-24-74(62)88(76)60-34-42-84-72(50-60)64-22-10-14-26-82(64)90-84/h1-50H. The lowest BCUT2D eigenvalue weighted by Crippen LogP contribution is -1.93. The maximum atomic E-state index is 6.26. The number of furan rings is 2. The zero-order chi connectivity index (χ0) is 58.7. The van der Waals surface area contributed by atoms with Gasteiger partial charge in [-0.2, -0.15) is 0 Å². The summed E-state index contributed by atoms with van der Waals surface area (Å²) in [5.74, 6) is 0. The zero-order valence-corrected chi connectivity index (χ0v) is 48.5. The number of nitrogens with zero attached hydrogens (tertiary/aromatic N) is 4. The molecule has 0 N–H and O–H groups in total. The molecule has 20 rings (SSSR count). The molecule has 6 nitrogen and oxygen atoms in total. The summed E-state index contributed by atoms with van der Waals surface area (Å²) in [6.45, 7) is 0. The number of para-hydroxylation sites is 6. The van der Waals surface area contributed by atoms with Gasteiger partial charge in [-0.3, -0.25) is 0 Å². The van der Waals surface area contributed by atoms with E-state index >= 15 is 0 Å². The van der Waals surface area contributed by atoms with E-state index in [4.69, 9.17) is 8.83 Å². The van der Waals surface area contributed by atoms with Crippen LogP contribution in [0.15, 0.2) is 312 Å². The van der Waals surface area contributed by atoms with Gasteiger partial charge in [-0.05, 0) is 191 Å². The number of hydrogen-bond donors (Lipinski definition) is 0. The first-order valence-corrected chi connectivity index (χ1v) is 30.8. The van der Waals surface area contributed by atoms with Crippen molar-refractivity contribution in [2.75, 3.05) is 0 Å². The molecule has 0 saturated heterocycles. The van der Waals surface area contributed by atoms with Gasteiger partial charge in [-0.1, -0.05) is 146 Å². The number of hydrogen-bond acceptors (Lipinski definition) is 2. The van der Waals surface area contributed by atoms with Gasteiger partial charge in [0.05, 0.1) is 44.1 Å². The molecule has 6 heteroatoms. The maximum absolute atomic E-state index is 6.26. The second-order valence-electron chi connectivity index (χ2n) is 24.0. The lowest BCUT2D eigenvalue weighted by molar-refractivity contribution is 0.668. The first-order valence-electron chi connectivity index (χ1n) is 30.8. The van der Waals surface area contributed by atoms with Crippen molar-refractivity contribution >= 4 is 131 Å². The van der Waals surface area contributed by atoms with Crippen LogP contribution < -0.4 is 0 Å². The van der Waals surface area contributed by atoms with Gasteiger partial charge in [-0.15, -0.1) is 0 Å². The monoisotopic (exact) mass is 1150 g/mol. The summed E-state index contributed by atoms with van der Waals surface area (Å²) >= 11 is 0. The SMILES string of the molecule is c1ccc(-n2c3ccc(-c4ccc5c(c4)c4ccccc4n5-c4ccc5oc6ccccc6c5c4)cc3c3cc(-c4ccc5c(c4)c4cc(-c6ccc7c(c6)c6ccccc6n7-c6ccc7oc8ccccc8c7c6)ccc4n5-c4ccccc4)ccc32)cc1. The van der Waals surface area contributed by atoms with Gasteiger partial charge < -0.3 is 27.1 Å². The maximum Gasteiger partial charge on any atom is 0.135 e. The van der Waals surface area contributed by atoms with E-state index in [0.29, 0.717) is 0 Å². The first-order chi connectivity index (χ1) is 44.6. The van der Waals surface area contributed by atoms with E-state index in [1.165, 1.54) is 76.4 Å². The molecule has 0 aliphatic carbocycles. The van der Waals surface area contributed by atoms with E-state index in [2.05, 4.69) is 297 Å². The molecule has 0 saturated carbocycles. The summed E-state index contributed by atoms with van der Waals surface area (Å²) in [7, 11) is 0. The topological polar surface area (TPSA) is 46.0 Å². The summed E-state index contributed by atoms with van der Waals surface area (Å²) in [6.07, 6.45) is 0. The normalized spacial score (nSPS) is 12.2. The highest BCUT2D eigenvalue weighted by Gasteiger charge is 2.22. The Hall–Kier alpha value is -12.1. The highest BCUT2D eigenvalue weighted by molar-refractivity contribution is 6.17. The molecular formula is C84H50N4O2. The van der Waals surface area contributed by atoms with Crippen molar-refractivity contribution in [3.05, 3.63) is 303 Å². The summed E-state index contributed by atoms with van der Waals surface area (Å²) < 4.78 is 22.2. The van der Waals surface area contributed by atoms with Gasteiger partial charge in [0.2, 0.25) is 0 Å². The molecule has 6 heterocycles. The van der Waals surface area contributed by atoms with E-state index in [9.17, 15) is 0 Å². The summed E-state index contributed by atoms with van der Waals surface area (Å²) in [5, 5.41) is 14.2. The van der Waals surface area contributed by atoms with Crippen LogP contribution in [0.4, 0.5) is 0 Å². The minimum atomic E-state index is 0.892. The van der Waals surface area contributed by atoms with E-state index < -0.39 is 0 Å². The lowest BCUT2D eigenvalue weighted by atomic mass is 9.98. The van der Waals surface area contributed by atoms with Gasteiger partial charge in [-0.25, -0.2) is 0 Å². The lowest BCUT2D eigenvalue weighted by Gasteiger charge is -2.10. The van der Waals surface area contributed by atoms with Gasteiger partial charge in [0.1, 0.15) is 22.3 Å². The van der Waals surface area contributed by atoms with Crippen LogP contribution in [0.2, 0.25) is 0 Å². The van der Waals surface area contributed by atoms with Crippen LogP contribution in [-0.4, -0.2) is 18.3 Å². The van der Waals surface area contributed by atoms with Crippen molar-refractivity contribution in [1.82, 2.24) is 18.3 Å². The molecule has 0 amide bonds. The van der Waals surface area contributed by atoms with Crippen molar-refractivity contribution in [3.8, 4) is 56.1 Å². The molecule has 0 unspecified atom stereocenters. The zero-order valence-electron chi connectivity index (χ0n) is 48.5. The van der Waals surface area contributed by atoms with Gasteiger partial charge in [0.25, 0.3) is 0 Å². The van der Waals surface area contributed by atoms with Crippen molar-refractivity contribution in [1.29, 1.82) is 0 Å². The average Bonchev–Trinajstić information content (AvgIpc) is 3.03. The fourth-order valence-electron chi connectivity index (χ4n) is 15.0. The van der Waals surface area contributed by atoms with Crippen molar-refractivity contribution < 1.29 is 8.83 Å². The Balaban J connectivity index is 0.726. The summed E-state index contributed by atoms with van der Waals surface area (Å²) in [5.41, 5.74) is 24.4. The molecule has 6 aromatic heterocycles. The fraction of sp³-hybridized carbons (Fsp3) is 0. The average molecular weight is 1150 g/mol. The van der Waals surface area contributed by atoms with E-state index in [0.717, 1.165) is 111 Å². The third-order valence-corrected chi connectivity index (χ3v) is 19.1. The Morgan fingerprint density at radius 3 is 0.756 bits per heavy atom. The predicted molar refractivity (Wildman–Crippen MR) is 375 cm³/mol. The highest BCUT2D eigenvalue weighted by atomic mass is 16.3. The predicted octanol–water partition coefficient (Wildman–Crippen LogP) is 22.9. The number of rotatable bonds is 7. The van der Waals surface area contributed by atoms with Gasteiger partial charge >= 0.3 is 0 Å². The van der Waals surface area contributed by atoms with E-state index in [1.807, 2.05) is 24.3 Å². The molecule has 0 aliphatic rings. The van der Waals surface area contributed by atoms with Gasteiger partial charge in [0, 0.05) is 87.4 Å². The highest BCUT2D eigenvalue weighted by Crippen LogP contribution is 2.44. The molecule has 14 aromatic carbocycles. The smallest absolute Gasteiger partial charge is 0.135 e. The number of benzene rings is 14. The fourth-order valence-corrected chi connectivity index (χ4v) is 15.0. The molecule has 418 valence electrons. The van der Waals surface area contributed by atoms with Crippen LogP contribution in [0, 0.1) is 0 Å². The molecule has 0 spiro atoms. The summed E-state index contributed by atoms with van der Waals surface area (Å²) in [4.78, 5) is 0. The van der Waals surface area contributed by atoms with Crippen LogP contribution >= 0.6 is 0 Å². The summed E-state index contributed by atoms with van der Waals surface area (Å²) in [6, 6.07) is 111. The Morgan fingerprint density at radius 2 is 0.411 bits per heavy atom. The van der Waals surface area contributed by atoms with Crippen molar-refractivity contribution in [3.63, 3.8) is 0 Å². The molecular weight excluding hydrogens is 1100 g/mol. The minimum Gasteiger partial charge on any atom is -0.456 e. The minimum absolute atomic E-state index is 0.892.